The summed E-state index contributed by atoms with van der Waals surface area (Å²) in [4.78, 5) is 29.1. The van der Waals surface area contributed by atoms with Crippen LogP contribution in [0, 0.1) is 6.92 Å². The van der Waals surface area contributed by atoms with Crippen LogP contribution in [-0.2, 0) is 24.4 Å². The number of ether oxygens (including phenoxy) is 1. The number of halogens is 1. The molecular weight excluding hydrogens is 476 g/mol. The molecule has 1 aliphatic heterocycles. The van der Waals surface area contributed by atoms with E-state index in [1.165, 1.54) is 0 Å². The van der Waals surface area contributed by atoms with Crippen molar-refractivity contribution >= 4 is 34.1 Å². The number of hydrogen-bond acceptors (Lipinski definition) is 6. The van der Waals surface area contributed by atoms with Gasteiger partial charge in [0.2, 0.25) is 0 Å². The van der Waals surface area contributed by atoms with E-state index in [9.17, 15) is 4.79 Å². The van der Waals surface area contributed by atoms with Crippen LogP contribution in [0.15, 0.2) is 36.8 Å². The van der Waals surface area contributed by atoms with Crippen LogP contribution in [0.3, 0.4) is 0 Å². The molecule has 36 heavy (non-hydrogen) atoms. The quantitative estimate of drug-likeness (QED) is 0.323. The van der Waals surface area contributed by atoms with Crippen LogP contribution in [0.1, 0.15) is 77.3 Å². The fourth-order valence-electron chi connectivity index (χ4n) is 4.86. The van der Waals surface area contributed by atoms with Gasteiger partial charge in [-0.2, -0.15) is 5.10 Å². The number of carbonyl (C=O) groups excluding carboxylic acids is 1. The van der Waals surface area contributed by atoms with Crippen LogP contribution in [0.2, 0.25) is 5.15 Å². The van der Waals surface area contributed by atoms with Gasteiger partial charge in [-0.15, -0.1) is 0 Å². The number of rotatable bonds is 6. The second-order valence-corrected chi connectivity index (χ2v) is 9.91. The number of fused-ring (bicyclic) bond motifs is 3. The first kappa shape index (κ1) is 23.1. The standard InChI is InChI=1S/C27H27ClN6O2/c1-4-33-13-23(15(2)32-33)34(27(35)19-10-29-26(30-11-19)18-6-7-18)12-17-5-8-20-21-14-36-16(3)24(21)25(28)31-22(20)9-17/h5,8-11,13,16,18H,4,6-7,12,14H2,1-3H3. The molecule has 184 valence electrons. The predicted molar refractivity (Wildman–Crippen MR) is 137 cm³/mol. The highest BCUT2D eigenvalue weighted by atomic mass is 35.5. The number of aromatic nitrogens is 5. The number of carbonyl (C=O) groups is 1. The lowest BCUT2D eigenvalue weighted by Crippen LogP contribution is -2.31. The van der Waals surface area contributed by atoms with Crippen molar-refractivity contribution in [2.75, 3.05) is 4.90 Å². The first-order valence-corrected chi connectivity index (χ1v) is 12.7. The molecule has 1 unspecified atom stereocenters. The van der Waals surface area contributed by atoms with E-state index in [4.69, 9.17) is 16.3 Å². The zero-order valence-corrected chi connectivity index (χ0v) is 21.3. The van der Waals surface area contributed by atoms with Gasteiger partial charge in [0.05, 0.1) is 41.7 Å². The van der Waals surface area contributed by atoms with Crippen LogP contribution in [0.25, 0.3) is 10.9 Å². The summed E-state index contributed by atoms with van der Waals surface area (Å²) in [6.07, 6.45) is 7.35. The van der Waals surface area contributed by atoms with Crippen LogP contribution >= 0.6 is 11.6 Å². The largest absolute Gasteiger partial charge is 0.369 e. The van der Waals surface area contributed by atoms with Crippen molar-refractivity contribution in [3.05, 3.63) is 75.7 Å². The van der Waals surface area contributed by atoms with Crippen molar-refractivity contribution in [1.29, 1.82) is 0 Å². The summed E-state index contributed by atoms with van der Waals surface area (Å²) in [6.45, 7) is 7.51. The zero-order chi connectivity index (χ0) is 25.0. The Hall–Kier alpha value is -3.36. The minimum atomic E-state index is -0.168. The minimum absolute atomic E-state index is 0.0659. The van der Waals surface area contributed by atoms with Crippen LogP contribution in [0.4, 0.5) is 5.69 Å². The van der Waals surface area contributed by atoms with Crippen molar-refractivity contribution < 1.29 is 9.53 Å². The molecule has 0 spiro atoms. The van der Waals surface area contributed by atoms with Crippen LogP contribution < -0.4 is 4.90 Å². The number of aryl methyl sites for hydroxylation is 2. The average molecular weight is 503 g/mol. The first-order chi connectivity index (χ1) is 17.4. The van der Waals surface area contributed by atoms with Gasteiger partial charge in [0.25, 0.3) is 5.91 Å². The Bertz CT molecular complexity index is 1480. The highest BCUT2D eigenvalue weighted by molar-refractivity contribution is 6.31. The van der Waals surface area contributed by atoms with Crippen LogP contribution in [-0.4, -0.2) is 30.6 Å². The van der Waals surface area contributed by atoms with Crippen molar-refractivity contribution in [1.82, 2.24) is 24.7 Å². The fraction of sp³-hybridized carbons (Fsp3) is 0.370. The van der Waals surface area contributed by atoms with Crippen molar-refractivity contribution in [2.45, 2.75) is 65.3 Å². The summed E-state index contributed by atoms with van der Waals surface area (Å²) >= 11 is 6.53. The smallest absolute Gasteiger partial charge is 0.261 e. The van der Waals surface area contributed by atoms with Crippen molar-refractivity contribution in [3.63, 3.8) is 0 Å². The molecule has 6 rings (SSSR count). The van der Waals surface area contributed by atoms with E-state index >= 15 is 0 Å². The minimum Gasteiger partial charge on any atom is -0.369 e. The Morgan fingerprint density at radius 1 is 1.25 bits per heavy atom. The molecule has 0 radical (unpaired) electrons. The van der Waals surface area contributed by atoms with Gasteiger partial charge in [-0.05, 0) is 50.8 Å². The van der Waals surface area contributed by atoms with E-state index in [1.807, 2.05) is 49.8 Å². The third kappa shape index (κ3) is 4.04. The van der Waals surface area contributed by atoms with E-state index in [2.05, 4.69) is 20.1 Å². The highest BCUT2D eigenvalue weighted by Crippen LogP contribution is 2.39. The molecule has 1 amide bonds. The molecule has 9 heteroatoms. The third-order valence-corrected chi connectivity index (χ3v) is 7.31. The molecule has 1 aromatic carbocycles. The van der Waals surface area contributed by atoms with E-state index < -0.39 is 0 Å². The van der Waals surface area contributed by atoms with Gasteiger partial charge in [0.1, 0.15) is 11.0 Å². The molecule has 1 saturated carbocycles. The summed E-state index contributed by atoms with van der Waals surface area (Å²) in [5.74, 6) is 1.08. The van der Waals surface area contributed by atoms with Gasteiger partial charge >= 0.3 is 0 Å². The second-order valence-electron chi connectivity index (χ2n) is 9.55. The lowest BCUT2D eigenvalue weighted by atomic mass is 10.0. The Kier molecular flexibility index (Phi) is 5.73. The molecular formula is C27H27ClN6O2. The zero-order valence-electron chi connectivity index (χ0n) is 20.5. The topological polar surface area (TPSA) is 86.0 Å². The number of amides is 1. The molecule has 0 saturated heterocycles. The molecule has 1 atom stereocenters. The molecule has 0 bridgehead atoms. The number of pyridine rings is 1. The molecule has 4 heterocycles. The number of benzene rings is 1. The van der Waals surface area contributed by atoms with E-state index in [1.54, 1.807) is 17.3 Å². The van der Waals surface area contributed by atoms with E-state index in [0.29, 0.717) is 36.3 Å². The summed E-state index contributed by atoms with van der Waals surface area (Å²) in [7, 11) is 0. The summed E-state index contributed by atoms with van der Waals surface area (Å²) in [5.41, 5.74) is 5.77. The molecule has 8 nitrogen and oxygen atoms in total. The second kappa shape index (κ2) is 8.94. The lowest BCUT2D eigenvalue weighted by molar-refractivity contribution is 0.0799. The monoisotopic (exact) mass is 502 g/mol. The molecule has 1 fully saturated rings. The van der Waals surface area contributed by atoms with Gasteiger partial charge < -0.3 is 9.64 Å². The highest BCUT2D eigenvalue weighted by Gasteiger charge is 2.29. The lowest BCUT2D eigenvalue weighted by Gasteiger charge is -2.22. The maximum Gasteiger partial charge on any atom is 0.261 e. The molecule has 2 aliphatic rings. The average Bonchev–Trinajstić information content (AvgIpc) is 3.56. The Morgan fingerprint density at radius 2 is 2.03 bits per heavy atom. The van der Waals surface area contributed by atoms with E-state index in [0.717, 1.165) is 57.6 Å². The van der Waals surface area contributed by atoms with Gasteiger partial charge in [0.15, 0.2) is 0 Å². The van der Waals surface area contributed by atoms with Gasteiger partial charge in [-0.1, -0.05) is 23.7 Å². The molecule has 4 aromatic rings. The molecule has 0 N–H and O–H groups in total. The Balaban J connectivity index is 1.38. The number of hydrogen-bond donors (Lipinski definition) is 0. The van der Waals surface area contributed by atoms with Crippen LogP contribution in [0.5, 0.6) is 0 Å². The van der Waals surface area contributed by atoms with Gasteiger partial charge in [-0.25, -0.2) is 15.0 Å². The number of anilines is 1. The van der Waals surface area contributed by atoms with Gasteiger partial charge in [-0.3, -0.25) is 9.48 Å². The number of nitrogens with zero attached hydrogens (tertiary/aromatic N) is 6. The first-order valence-electron chi connectivity index (χ1n) is 12.3. The predicted octanol–water partition coefficient (Wildman–Crippen LogP) is 5.52. The fourth-order valence-corrected chi connectivity index (χ4v) is 5.22. The molecule has 1 aliphatic carbocycles. The maximum absolute atomic E-state index is 13.8. The van der Waals surface area contributed by atoms with Crippen molar-refractivity contribution in [3.8, 4) is 0 Å². The summed E-state index contributed by atoms with van der Waals surface area (Å²) in [6, 6.07) is 6.08. The normalized spacial score (nSPS) is 16.9. The summed E-state index contributed by atoms with van der Waals surface area (Å²) < 4.78 is 7.64. The Morgan fingerprint density at radius 3 is 2.72 bits per heavy atom. The maximum atomic E-state index is 13.8. The van der Waals surface area contributed by atoms with E-state index in [-0.39, 0.29) is 12.0 Å². The summed E-state index contributed by atoms with van der Waals surface area (Å²) in [5, 5.41) is 6.07. The third-order valence-electron chi connectivity index (χ3n) is 7.02. The Labute approximate surface area is 214 Å². The molecule has 3 aromatic heterocycles. The van der Waals surface area contributed by atoms with Crippen molar-refractivity contribution in [2.24, 2.45) is 0 Å². The van der Waals surface area contributed by atoms with Gasteiger partial charge in [0, 0.05) is 42.0 Å². The SMILES string of the molecule is CCn1cc(N(Cc2ccc3c4c(c(Cl)nc3c2)C(C)OC4)C(=O)c2cnc(C3CC3)nc2)c(C)n1.